The van der Waals surface area contributed by atoms with Crippen LogP contribution in [0.15, 0.2) is 18.2 Å². The Morgan fingerprint density at radius 1 is 1.19 bits per heavy atom. The molecule has 1 fully saturated rings. The van der Waals surface area contributed by atoms with Gasteiger partial charge in [0.05, 0.1) is 13.5 Å². The summed E-state index contributed by atoms with van der Waals surface area (Å²) in [7, 11) is 1.38. The molecule has 5 nitrogen and oxygen atoms in total. The second-order valence-corrected chi connectivity index (χ2v) is 7.23. The number of carbonyl (C=O) groups is 2. The lowest BCUT2D eigenvalue weighted by molar-refractivity contribution is -0.143. The summed E-state index contributed by atoms with van der Waals surface area (Å²) >= 11 is 0. The van der Waals surface area contributed by atoms with Gasteiger partial charge in [0.25, 0.3) is 5.91 Å². The number of ether oxygens (including phenoxy) is 2. The molecule has 0 N–H and O–H groups in total. The average Bonchev–Trinajstić information content (AvgIpc) is 2.64. The van der Waals surface area contributed by atoms with Crippen molar-refractivity contribution in [3.63, 3.8) is 0 Å². The summed E-state index contributed by atoms with van der Waals surface area (Å²) in [6.45, 7) is 6.59. The molecule has 0 saturated heterocycles. The van der Waals surface area contributed by atoms with Crippen molar-refractivity contribution in [3.05, 3.63) is 29.3 Å². The molecular weight excluding hydrogens is 330 g/mol. The van der Waals surface area contributed by atoms with Gasteiger partial charge in [-0.05, 0) is 49.8 Å². The zero-order valence-corrected chi connectivity index (χ0v) is 16.4. The molecule has 1 aromatic carbocycles. The van der Waals surface area contributed by atoms with E-state index in [0.29, 0.717) is 12.5 Å². The third kappa shape index (κ3) is 5.23. The number of benzene rings is 1. The van der Waals surface area contributed by atoms with Crippen molar-refractivity contribution in [2.45, 2.75) is 58.9 Å². The Bertz CT molecular complexity index is 628. The van der Waals surface area contributed by atoms with E-state index in [1.165, 1.54) is 13.5 Å². The number of amides is 1. The lowest BCUT2D eigenvalue weighted by atomic mass is 9.84. The highest BCUT2D eigenvalue weighted by molar-refractivity contribution is 5.79. The molecule has 1 amide bonds. The van der Waals surface area contributed by atoms with Crippen LogP contribution in [0.2, 0.25) is 0 Å². The smallest absolute Gasteiger partial charge is 0.307 e. The third-order valence-corrected chi connectivity index (χ3v) is 5.48. The largest absolute Gasteiger partial charge is 0.483 e. The Kier molecular flexibility index (Phi) is 7.49. The Morgan fingerprint density at radius 2 is 1.92 bits per heavy atom. The molecule has 2 rings (SSSR count). The summed E-state index contributed by atoms with van der Waals surface area (Å²) in [6.07, 6.45) is 4.64. The summed E-state index contributed by atoms with van der Waals surface area (Å²) < 4.78 is 10.6. The Hall–Kier alpha value is -2.04. The molecule has 26 heavy (non-hydrogen) atoms. The highest BCUT2D eigenvalue weighted by Gasteiger charge is 2.31. The fourth-order valence-corrected chi connectivity index (χ4v) is 3.65. The normalized spacial score (nSPS) is 19.7. The molecule has 0 spiro atoms. The maximum absolute atomic E-state index is 12.9. The molecule has 1 aliphatic rings. The molecule has 1 aromatic rings. The third-order valence-electron chi connectivity index (χ3n) is 5.48. The molecule has 0 aliphatic heterocycles. The Labute approximate surface area is 156 Å². The summed E-state index contributed by atoms with van der Waals surface area (Å²) in [5.74, 6) is 0.823. The predicted molar refractivity (Wildman–Crippen MR) is 101 cm³/mol. The standard InChI is InChI=1S/C21H31NO4/c1-15-9-7-11-19(17(15)3)26-14-20(23)22(13-12-21(24)25-4)18-10-6-5-8-16(18)2/h7,9,11,16,18H,5-6,8,10,12-14H2,1-4H3. The minimum absolute atomic E-state index is 0.00527. The molecule has 0 aromatic heterocycles. The van der Waals surface area contributed by atoms with Crippen molar-refractivity contribution < 1.29 is 19.1 Å². The molecule has 2 unspecified atom stereocenters. The second kappa shape index (κ2) is 9.60. The Morgan fingerprint density at radius 3 is 2.62 bits per heavy atom. The van der Waals surface area contributed by atoms with Crippen molar-refractivity contribution in [2.75, 3.05) is 20.3 Å². The van der Waals surface area contributed by atoms with E-state index in [-0.39, 0.29) is 30.9 Å². The number of hydrogen-bond donors (Lipinski definition) is 0. The van der Waals surface area contributed by atoms with Gasteiger partial charge in [-0.25, -0.2) is 0 Å². The molecule has 2 atom stereocenters. The van der Waals surface area contributed by atoms with Crippen LogP contribution in [0.5, 0.6) is 5.75 Å². The van der Waals surface area contributed by atoms with E-state index in [1.807, 2.05) is 36.9 Å². The van der Waals surface area contributed by atoms with Crippen LogP contribution in [0.25, 0.3) is 0 Å². The first-order chi connectivity index (χ1) is 12.4. The number of carbonyl (C=O) groups excluding carboxylic acids is 2. The van der Waals surface area contributed by atoms with Crippen molar-refractivity contribution in [3.8, 4) is 5.75 Å². The van der Waals surface area contributed by atoms with E-state index >= 15 is 0 Å². The van der Waals surface area contributed by atoms with Gasteiger partial charge in [-0.3, -0.25) is 9.59 Å². The average molecular weight is 361 g/mol. The van der Waals surface area contributed by atoms with E-state index in [2.05, 4.69) is 6.92 Å². The van der Waals surface area contributed by atoms with Crippen LogP contribution in [-0.2, 0) is 14.3 Å². The summed E-state index contributed by atoms with van der Waals surface area (Å²) in [6, 6.07) is 6.01. The fourth-order valence-electron chi connectivity index (χ4n) is 3.65. The van der Waals surface area contributed by atoms with Crippen molar-refractivity contribution >= 4 is 11.9 Å². The fraction of sp³-hybridized carbons (Fsp3) is 0.619. The number of rotatable bonds is 7. The van der Waals surface area contributed by atoms with Crippen molar-refractivity contribution in [1.29, 1.82) is 0 Å². The van der Waals surface area contributed by atoms with Gasteiger partial charge in [0.2, 0.25) is 0 Å². The molecule has 0 heterocycles. The minimum atomic E-state index is -0.290. The molecule has 1 saturated carbocycles. The lowest BCUT2D eigenvalue weighted by Gasteiger charge is -2.38. The predicted octanol–water partition coefficient (Wildman–Crippen LogP) is 3.65. The zero-order chi connectivity index (χ0) is 19.1. The monoisotopic (exact) mass is 361 g/mol. The van der Waals surface area contributed by atoms with E-state index in [9.17, 15) is 9.59 Å². The quantitative estimate of drug-likeness (QED) is 0.696. The van der Waals surface area contributed by atoms with Crippen molar-refractivity contribution in [1.82, 2.24) is 4.90 Å². The zero-order valence-electron chi connectivity index (χ0n) is 16.4. The molecular formula is C21H31NO4. The van der Waals surface area contributed by atoms with Crippen LogP contribution in [0.4, 0.5) is 0 Å². The van der Waals surface area contributed by atoms with Gasteiger partial charge in [-0.1, -0.05) is 31.9 Å². The van der Waals surface area contributed by atoms with Gasteiger partial charge >= 0.3 is 5.97 Å². The maximum Gasteiger partial charge on any atom is 0.307 e. The number of esters is 1. The maximum atomic E-state index is 12.9. The van der Waals surface area contributed by atoms with Gasteiger partial charge in [-0.15, -0.1) is 0 Å². The van der Waals surface area contributed by atoms with Gasteiger partial charge in [-0.2, -0.15) is 0 Å². The van der Waals surface area contributed by atoms with Crippen LogP contribution in [0.1, 0.15) is 50.2 Å². The molecule has 5 heteroatoms. The van der Waals surface area contributed by atoms with Gasteiger partial charge in [0.1, 0.15) is 5.75 Å². The number of methoxy groups -OCH3 is 1. The van der Waals surface area contributed by atoms with Crippen LogP contribution in [0.3, 0.4) is 0 Å². The van der Waals surface area contributed by atoms with Gasteiger partial charge in [0.15, 0.2) is 6.61 Å². The topological polar surface area (TPSA) is 55.8 Å². The van der Waals surface area contributed by atoms with Crippen LogP contribution in [-0.4, -0.2) is 43.1 Å². The first kappa shape index (κ1) is 20.3. The Balaban J connectivity index is 2.06. The molecule has 144 valence electrons. The number of aryl methyl sites for hydroxylation is 1. The lowest BCUT2D eigenvalue weighted by Crippen LogP contribution is -2.48. The highest BCUT2D eigenvalue weighted by Crippen LogP contribution is 2.29. The van der Waals surface area contributed by atoms with Crippen LogP contribution in [0, 0.1) is 19.8 Å². The van der Waals surface area contributed by atoms with E-state index in [1.54, 1.807) is 0 Å². The van der Waals surface area contributed by atoms with Crippen molar-refractivity contribution in [2.24, 2.45) is 5.92 Å². The highest BCUT2D eigenvalue weighted by atomic mass is 16.5. The van der Waals surface area contributed by atoms with E-state index < -0.39 is 0 Å². The summed E-state index contributed by atoms with van der Waals surface area (Å²) in [5.41, 5.74) is 2.19. The summed E-state index contributed by atoms with van der Waals surface area (Å²) in [4.78, 5) is 26.3. The molecule has 1 aliphatic carbocycles. The first-order valence-electron chi connectivity index (χ1n) is 9.49. The van der Waals surface area contributed by atoms with E-state index in [0.717, 1.165) is 36.1 Å². The van der Waals surface area contributed by atoms with Gasteiger partial charge in [0, 0.05) is 12.6 Å². The minimum Gasteiger partial charge on any atom is -0.483 e. The van der Waals surface area contributed by atoms with Crippen LogP contribution >= 0.6 is 0 Å². The first-order valence-corrected chi connectivity index (χ1v) is 9.49. The second-order valence-electron chi connectivity index (χ2n) is 7.23. The number of nitrogens with zero attached hydrogens (tertiary/aromatic N) is 1. The van der Waals surface area contributed by atoms with Gasteiger partial charge < -0.3 is 14.4 Å². The SMILES string of the molecule is COC(=O)CCN(C(=O)COc1cccc(C)c1C)C1CCCCC1C. The van der Waals surface area contributed by atoms with Crippen LogP contribution < -0.4 is 4.74 Å². The number of hydrogen-bond acceptors (Lipinski definition) is 4. The molecule has 0 radical (unpaired) electrons. The van der Waals surface area contributed by atoms with E-state index in [4.69, 9.17) is 9.47 Å². The summed E-state index contributed by atoms with van der Waals surface area (Å²) in [5, 5.41) is 0. The molecule has 0 bridgehead atoms.